The minimum absolute atomic E-state index is 0.0378. The summed E-state index contributed by atoms with van der Waals surface area (Å²) in [6.45, 7) is 1.90. The largest absolute Gasteiger partial charge is 0.465 e. The number of benzene rings is 2. The molecule has 5 heteroatoms. The quantitative estimate of drug-likeness (QED) is 0.578. The number of carbonyl (C=O) groups is 2. The first kappa shape index (κ1) is 21.0. The van der Waals surface area contributed by atoms with Crippen LogP contribution in [0.4, 0.5) is 0 Å². The van der Waals surface area contributed by atoms with E-state index in [1.165, 1.54) is 0 Å². The van der Waals surface area contributed by atoms with E-state index in [0.717, 1.165) is 15.6 Å². The van der Waals surface area contributed by atoms with Crippen molar-refractivity contribution in [1.29, 1.82) is 5.26 Å². The molecule has 0 saturated heterocycles. The van der Waals surface area contributed by atoms with Gasteiger partial charge in [0, 0.05) is 29.2 Å². The van der Waals surface area contributed by atoms with Crippen molar-refractivity contribution in [3.8, 4) is 6.07 Å². The van der Waals surface area contributed by atoms with E-state index in [9.17, 15) is 14.9 Å². The molecule has 1 saturated carbocycles. The van der Waals surface area contributed by atoms with E-state index in [1.807, 2.05) is 66.7 Å². The van der Waals surface area contributed by atoms with Crippen LogP contribution in [0.2, 0.25) is 0 Å². The van der Waals surface area contributed by atoms with E-state index >= 15 is 0 Å². The Kier molecular flexibility index (Phi) is 6.66. The number of hydrogen-bond acceptors (Lipinski definition) is 4. The van der Waals surface area contributed by atoms with Gasteiger partial charge in [0.05, 0.1) is 12.7 Å². The van der Waals surface area contributed by atoms with Crippen LogP contribution < -0.4 is 0 Å². The Bertz CT molecular complexity index is 946. The zero-order valence-electron chi connectivity index (χ0n) is 16.2. The van der Waals surface area contributed by atoms with Gasteiger partial charge in [-0.25, -0.2) is 0 Å². The summed E-state index contributed by atoms with van der Waals surface area (Å²) in [6, 6.07) is 19.3. The molecule has 0 amide bonds. The number of Topliss-reactive ketones (excluding diaryl/α,β-unsaturated/α-hetero) is 1. The van der Waals surface area contributed by atoms with E-state index in [0.29, 0.717) is 0 Å². The van der Waals surface area contributed by atoms with E-state index in [4.69, 9.17) is 4.74 Å². The summed E-state index contributed by atoms with van der Waals surface area (Å²) in [5.74, 6) is -1.66. The Morgan fingerprint density at radius 1 is 1.21 bits per heavy atom. The molecule has 2 aromatic carbocycles. The molecule has 2 aromatic rings. The van der Waals surface area contributed by atoms with Gasteiger partial charge in [-0.3, -0.25) is 9.59 Å². The average Bonchev–Trinajstić information content (AvgIpc) is 2.73. The molecule has 29 heavy (non-hydrogen) atoms. The molecule has 0 radical (unpaired) electrons. The number of allylic oxidation sites excluding steroid dienone is 1. The third-order valence-corrected chi connectivity index (χ3v) is 5.93. The van der Waals surface area contributed by atoms with Crippen molar-refractivity contribution < 1.29 is 14.3 Å². The molecule has 0 aromatic heterocycles. The average molecular weight is 452 g/mol. The van der Waals surface area contributed by atoms with Gasteiger partial charge in [-0.1, -0.05) is 70.5 Å². The van der Waals surface area contributed by atoms with Crippen LogP contribution in [0.5, 0.6) is 0 Å². The van der Waals surface area contributed by atoms with Gasteiger partial charge in [-0.2, -0.15) is 5.26 Å². The topological polar surface area (TPSA) is 67.2 Å². The van der Waals surface area contributed by atoms with Crippen molar-refractivity contribution in [2.24, 2.45) is 11.3 Å². The summed E-state index contributed by atoms with van der Waals surface area (Å²) in [5.41, 5.74) is 0.277. The summed E-state index contributed by atoms with van der Waals surface area (Å²) < 4.78 is 6.24. The predicted octanol–water partition coefficient (Wildman–Crippen LogP) is 5.30. The van der Waals surface area contributed by atoms with Crippen molar-refractivity contribution in [3.05, 3.63) is 76.3 Å². The number of ether oxygens (including phenoxy) is 1. The zero-order chi connectivity index (χ0) is 20.9. The fraction of sp³-hybridized carbons (Fsp3) is 0.292. The highest BCUT2D eigenvalue weighted by molar-refractivity contribution is 9.10. The molecule has 3 atom stereocenters. The Labute approximate surface area is 179 Å². The number of nitriles is 1. The number of halogens is 1. The van der Waals surface area contributed by atoms with Gasteiger partial charge < -0.3 is 4.74 Å². The monoisotopic (exact) mass is 451 g/mol. The first-order chi connectivity index (χ1) is 14.0. The summed E-state index contributed by atoms with van der Waals surface area (Å²) >= 11 is 3.41. The van der Waals surface area contributed by atoms with Crippen molar-refractivity contribution in [2.75, 3.05) is 6.61 Å². The molecule has 0 spiro atoms. The van der Waals surface area contributed by atoms with Gasteiger partial charge >= 0.3 is 5.97 Å². The fourth-order valence-corrected chi connectivity index (χ4v) is 4.24. The third-order valence-electron chi connectivity index (χ3n) is 5.41. The van der Waals surface area contributed by atoms with E-state index < -0.39 is 23.2 Å². The van der Waals surface area contributed by atoms with Gasteiger partial charge in [0.25, 0.3) is 0 Å². The predicted molar refractivity (Wildman–Crippen MR) is 115 cm³/mol. The lowest BCUT2D eigenvalue weighted by Gasteiger charge is -2.41. The maximum absolute atomic E-state index is 13.1. The second kappa shape index (κ2) is 9.19. The smallest absolute Gasteiger partial charge is 0.327 e. The number of rotatable bonds is 5. The molecule has 0 aliphatic heterocycles. The zero-order valence-corrected chi connectivity index (χ0v) is 17.8. The van der Waals surface area contributed by atoms with Crippen LogP contribution in [0, 0.1) is 22.7 Å². The summed E-state index contributed by atoms with van der Waals surface area (Å²) in [5, 5.41) is 10.3. The highest BCUT2D eigenvalue weighted by Crippen LogP contribution is 2.51. The lowest BCUT2D eigenvalue weighted by atomic mass is 9.58. The molecular weight excluding hydrogens is 430 g/mol. The number of nitrogens with zero attached hydrogens (tertiary/aromatic N) is 1. The van der Waals surface area contributed by atoms with Crippen LogP contribution in [-0.2, 0) is 14.3 Å². The first-order valence-electron chi connectivity index (χ1n) is 9.60. The molecule has 1 aliphatic rings. The van der Waals surface area contributed by atoms with Crippen LogP contribution >= 0.6 is 15.9 Å². The maximum atomic E-state index is 13.1. The first-order valence-corrected chi connectivity index (χ1v) is 10.4. The third kappa shape index (κ3) is 4.33. The molecule has 148 valence electrons. The molecule has 0 heterocycles. The van der Waals surface area contributed by atoms with E-state index in [-0.39, 0.29) is 25.2 Å². The Morgan fingerprint density at radius 2 is 1.90 bits per heavy atom. The minimum Gasteiger partial charge on any atom is -0.465 e. The Balaban J connectivity index is 2.10. The van der Waals surface area contributed by atoms with Gasteiger partial charge in [0.2, 0.25) is 0 Å². The molecular formula is C24H22BrNO3. The van der Waals surface area contributed by atoms with E-state index in [1.54, 1.807) is 6.92 Å². The van der Waals surface area contributed by atoms with Gasteiger partial charge in [-0.05, 0) is 30.2 Å². The normalized spacial score (nSPS) is 24.2. The maximum Gasteiger partial charge on any atom is 0.327 e. The second-order valence-corrected chi connectivity index (χ2v) is 8.04. The summed E-state index contributed by atoms with van der Waals surface area (Å²) in [6.07, 6.45) is 3.97. The Morgan fingerprint density at radius 3 is 2.52 bits per heavy atom. The number of carbonyl (C=O) groups excluding carboxylic acids is 2. The molecule has 0 N–H and O–H groups in total. The number of hydrogen-bond donors (Lipinski definition) is 0. The lowest BCUT2D eigenvalue weighted by molar-refractivity contribution is -0.157. The van der Waals surface area contributed by atoms with Crippen LogP contribution in [0.1, 0.15) is 36.8 Å². The SMILES string of the molecule is CCOC(=O)[C@@]1(C#N)[C@H](/C=C/c2ccccc2)CC(=O)C[C@H]1c1ccc(Br)cc1. The standard InChI is InChI=1S/C24H22BrNO3/c1-2-29-23(28)24(16-26)19(11-8-17-6-4-3-5-7-17)14-21(27)15-22(24)18-9-12-20(25)13-10-18/h3-13,19,22H,2,14-15H2,1H3/b11-8+/t19-,22+,24+/m1/s1. The van der Waals surface area contributed by atoms with Crippen LogP contribution in [0.15, 0.2) is 65.1 Å². The van der Waals surface area contributed by atoms with Crippen molar-refractivity contribution in [2.45, 2.75) is 25.7 Å². The molecule has 1 aliphatic carbocycles. The molecule has 4 nitrogen and oxygen atoms in total. The van der Waals surface area contributed by atoms with E-state index in [2.05, 4.69) is 22.0 Å². The summed E-state index contributed by atoms with van der Waals surface area (Å²) in [4.78, 5) is 25.7. The molecule has 3 rings (SSSR count). The minimum atomic E-state index is -1.46. The van der Waals surface area contributed by atoms with Crippen LogP contribution in [-0.4, -0.2) is 18.4 Å². The lowest BCUT2D eigenvalue weighted by Crippen LogP contribution is -2.48. The second-order valence-electron chi connectivity index (χ2n) is 7.13. The van der Waals surface area contributed by atoms with Crippen molar-refractivity contribution in [3.63, 3.8) is 0 Å². The van der Waals surface area contributed by atoms with Gasteiger partial charge in [0.1, 0.15) is 5.78 Å². The molecule has 1 fully saturated rings. The number of esters is 1. The highest BCUT2D eigenvalue weighted by atomic mass is 79.9. The van der Waals surface area contributed by atoms with Crippen LogP contribution in [0.25, 0.3) is 6.08 Å². The van der Waals surface area contributed by atoms with Crippen LogP contribution in [0.3, 0.4) is 0 Å². The fourth-order valence-electron chi connectivity index (χ4n) is 3.97. The Hall–Kier alpha value is -2.71. The van der Waals surface area contributed by atoms with Gasteiger partial charge in [-0.15, -0.1) is 0 Å². The van der Waals surface area contributed by atoms with Gasteiger partial charge in [0.15, 0.2) is 5.41 Å². The van der Waals surface area contributed by atoms with Crippen molar-refractivity contribution in [1.82, 2.24) is 0 Å². The summed E-state index contributed by atoms with van der Waals surface area (Å²) in [7, 11) is 0. The highest BCUT2D eigenvalue weighted by Gasteiger charge is 2.56. The van der Waals surface area contributed by atoms with Crippen molar-refractivity contribution >= 4 is 33.8 Å². The molecule has 0 bridgehead atoms. The number of ketones is 1. The molecule has 0 unspecified atom stereocenters.